The molecule has 0 spiro atoms. The first-order chi connectivity index (χ1) is 11.7. The van der Waals surface area contributed by atoms with Crippen molar-refractivity contribution in [3.8, 4) is 28.4 Å². The van der Waals surface area contributed by atoms with Crippen molar-refractivity contribution in [2.45, 2.75) is 20.8 Å². The molecule has 124 valence electrons. The number of hydrogen-bond donors (Lipinski definition) is 0. The number of benzene rings is 2. The molecule has 1 heterocycles. The molecule has 0 bridgehead atoms. The van der Waals surface area contributed by atoms with Crippen LogP contribution in [0.25, 0.3) is 22.6 Å². The number of ether oxygens (including phenoxy) is 1. The molecule has 0 amide bonds. The van der Waals surface area contributed by atoms with Crippen LogP contribution < -0.4 is 14.7 Å². The summed E-state index contributed by atoms with van der Waals surface area (Å²) in [6.45, 7) is 8.44. The molecule has 0 saturated carbocycles. The number of aryl methyl sites for hydroxylation is 1. The van der Waals surface area contributed by atoms with E-state index in [4.69, 9.17) is 9.15 Å². The molecule has 1 aliphatic carbocycles. The van der Waals surface area contributed by atoms with Gasteiger partial charge >= 0.3 is 0 Å². The van der Waals surface area contributed by atoms with Gasteiger partial charge in [0.15, 0.2) is 0 Å². The number of fused-ring (bicyclic) bond motifs is 1. The van der Waals surface area contributed by atoms with Gasteiger partial charge in [-0.05, 0) is 62.7 Å². The molecule has 0 radical (unpaired) electrons. The van der Waals surface area contributed by atoms with Crippen LogP contribution in [0.15, 0.2) is 52.9 Å². The lowest BCUT2D eigenvalue weighted by molar-refractivity contribution is 0.415. The molecule has 1 aliphatic heterocycles. The van der Waals surface area contributed by atoms with Gasteiger partial charge in [0.25, 0.3) is 0 Å². The topological polar surface area (TPSA) is 25.4 Å². The van der Waals surface area contributed by atoms with E-state index in [1.165, 1.54) is 10.9 Å². The van der Waals surface area contributed by atoms with E-state index in [1.807, 2.05) is 24.3 Å². The highest BCUT2D eigenvalue weighted by Gasteiger charge is 2.13. The van der Waals surface area contributed by atoms with E-state index < -0.39 is 0 Å². The van der Waals surface area contributed by atoms with E-state index in [-0.39, 0.29) is 0 Å². The van der Waals surface area contributed by atoms with Gasteiger partial charge in [0.1, 0.15) is 30.4 Å². The summed E-state index contributed by atoms with van der Waals surface area (Å²) in [5.41, 5.74) is 3.42. The maximum atomic E-state index is 6.21. The highest BCUT2D eigenvalue weighted by Crippen LogP contribution is 2.31. The number of hydrogen-bond acceptors (Lipinski definition) is 2. The molecule has 0 atom stereocenters. The van der Waals surface area contributed by atoms with E-state index in [0.29, 0.717) is 0 Å². The van der Waals surface area contributed by atoms with Gasteiger partial charge in [-0.3, -0.25) is 0 Å². The molecule has 0 fully saturated rings. The van der Waals surface area contributed by atoms with Gasteiger partial charge in [0, 0.05) is 17.2 Å². The Hall–Kier alpha value is -2.55. The molecule has 3 nitrogen and oxygen atoms in total. The van der Waals surface area contributed by atoms with Crippen molar-refractivity contribution in [3.63, 3.8) is 0 Å². The highest BCUT2D eigenvalue weighted by molar-refractivity contribution is 5.69. The fraction of sp³-hybridized carbons (Fsp3) is 0.286. The standard InChI is InChI=1S/C21H24NO2/c1-5-22(6-2)17-9-12-19-15(3)13-20(24-21(19)14-17)16-7-10-18(23-4)11-8-16/h7-14H,5-6H2,1-4H3/q+1. The molecular formula is C21H24NO2+. The average molecular weight is 322 g/mol. The van der Waals surface area contributed by atoms with Gasteiger partial charge in [0.05, 0.1) is 13.2 Å². The van der Waals surface area contributed by atoms with E-state index in [1.54, 1.807) is 7.11 Å². The molecule has 1 aromatic rings. The highest BCUT2D eigenvalue weighted by atomic mass is 16.5. The van der Waals surface area contributed by atoms with Gasteiger partial charge in [-0.25, -0.2) is 4.58 Å². The molecule has 1 aromatic carbocycles. The minimum Gasteiger partial charge on any atom is -0.497 e. The summed E-state index contributed by atoms with van der Waals surface area (Å²) < 4.78 is 13.8. The van der Waals surface area contributed by atoms with E-state index in [2.05, 4.69) is 49.6 Å². The van der Waals surface area contributed by atoms with Crippen LogP contribution in [0.5, 0.6) is 5.75 Å². The van der Waals surface area contributed by atoms with Crippen molar-refractivity contribution in [2.75, 3.05) is 20.2 Å². The van der Waals surface area contributed by atoms with Gasteiger partial charge in [0.2, 0.25) is 5.36 Å². The van der Waals surface area contributed by atoms with Gasteiger partial charge in [-0.2, -0.15) is 0 Å². The summed E-state index contributed by atoms with van der Waals surface area (Å²) in [6.07, 6.45) is 0. The third-order valence-electron chi connectivity index (χ3n) is 4.46. The third-order valence-corrected chi connectivity index (χ3v) is 4.46. The smallest absolute Gasteiger partial charge is 0.203 e. The lowest BCUT2D eigenvalue weighted by atomic mass is 10.0. The van der Waals surface area contributed by atoms with Crippen LogP contribution in [-0.2, 0) is 0 Å². The van der Waals surface area contributed by atoms with Crippen LogP contribution in [0.3, 0.4) is 0 Å². The Morgan fingerprint density at radius 3 is 2.25 bits per heavy atom. The van der Waals surface area contributed by atoms with Crippen molar-refractivity contribution in [1.29, 1.82) is 0 Å². The number of nitrogens with zero attached hydrogens (tertiary/aromatic N) is 1. The Morgan fingerprint density at radius 2 is 1.62 bits per heavy atom. The van der Waals surface area contributed by atoms with Crippen molar-refractivity contribution in [3.05, 3.63) is 59.5 Å². The summed E-state index contributed by atoms with van der Waals surface area (Å²) in [4.78, 5) is 0. The summed E-state index contributed by atoms with van der Waals surface area (Å²) in [7, 11) is 1.67. The summed E-state index contributed by atoms with van der Waals surface area (Å²) in [5.74, 6) is 2.64. The first-order valence-corrected chi connectivity index (χ1v) is 8.43. The molecule has 0 saturated heterocycles. The zero-order chi connectivity index (χ0) is 17.1. The number of rotatable bonds is 4. The van der Waals surface area contributed by atoms with Crippen molar-refractivity contribution >= 4 is 0 Å². The van der Waals surface area contributed by atoms with Crippen molar-refractivity contribution in [1.82, 2.24) is 4.58 Å². The van der Waals surface area contributed by atoms with Crippen LogP contribution in [0.1, 0.15) is 19.4 Å². The fourth-order valence-electron chi connectivity index (χ4n) is 3.03. The summed E-state index contributed by atoms with van der Waals surface area (Å²) >= 11 is 0. The van der Waals surface area contributed by atoms with Crippen LogP contribution in [0.2, 0.25) is 0 Å². The second-order valence-corrected chi connectivity index (χ2v) is 5.87. The maximum absolute atomic E-state index is 6.21. The van der Waals surface area contributed by atoms with Crippen LogP contribution in [-0.4, -0.2) is 20.2 Å². The first kappa shape index (κ1) is 16.3. The van der Waals surface area contributed by atoms with Crippen molar-refractivity contribution < 1.29 is 9.15 Å². The summed E-state index contributed by atoms with van der Waals surface area (Å²) in [6, 6.07) is 16.5. The molecule has 0 N–H and O–H groups in total. The minimum absolute atomic E-state index is 0.847. The zero-order valence-electron chi connectivity index (χ0n) is 14.8. The Labute approximate surface area is 143 Å². The normalized spacial score (nSPS) is 10.8. The monoisotopic (exact) mass is 322 g/mol. The lowest BCUT2D eigenvalue weighted by Gasteiger charge is -2.11. The largest absolute Gasteiger partial charge is 0.497 e. The van der Waals surface area contributed by atoms with Crippen LogP contribution in [0, 0.1) is 6.92 Å². The fourth-order valence-corrected chi connectivity index (χ4v) is 3.03. The Kier molecular flexibility index (Phi) is 4.70. The Balaban J connectivity index is 2.17. The SMILES string of the molecule is CC[N+](CC)=c1ccc2c(C)cc(-c3ccc(OC)cc3)oc-2c1. The molecular weight excluding hydrogens is 298 g/mol. The molecule has 2 aliphatic rings. The van der Waals surface area contributed by atoms with Crippen molar-refractivity contribution in [2.24, 2.45) is 0 Å². The zero-order valence-corrected chi connectivity index (χ0v) is 14.8. The van der Waals surface area contributed by atoms with Crippen LogP contribution >= 0.6 is 0 Å². The Morgan fingerprint density at radius 1 is 0.917 bits per heavy atom. The first-order valence-electron chi connectivity index (χ1n) is 8.43. The van der Waals surface area contributed by atoms with E-state index in [0.717, 1.165) is 41.5 Å². The predicted molar refractivity (Wildman–Crippen MR) is 98.4 cm³/mol. The molecule has 24 heavy (non-hydrogen) atoms. The third kappa shape index (κ3) is 3.07. The van der Waals surface area contributed by atoms with Gasteiger partial charge < -0.3 is 9.15 Å². The maximum Gasteiger partial charge on any atom is 0.203 e. The van der Waals surface area contributed by atoms with E-state index >= 15 is 0 Å². The predicted octanol–water partition coefficient (Wildman–Crippen LogP) is 4.18. The van der Waals surface area contributed by atoms with E-state index in [9.17, 15) is 0 Å². The molecule has 3 rings (SSSR count). The quantitative estimate of drug-likeness (QED) is 0.673. The lowest BCUT2D eigenvalue weighted by Crippen LogP contribution is -2.29. The van der Waals surface area contributed by atoms with Gasteiger partial charge in [-0.15, -0.1) is 0 Å². The second-order valence-electron chi connectivity index (χ2n) is 5.87. The molecule has 3 heteroatoms. The summed E-state index contributed by atoms with van der Waals surface area (Å²) in [5, 5.41) is 1.20. The van der Waals surface area contributed by atoms with Gasteiger partial charge in [-0.1, -0.05) is 0 Å². The minimum atomic E-state index is 0.847. The molecule has 0 unspecified atom stereocenters. The number of methoxy groups -OCH3 is 1. The second kappa shape index (κ2) is 6.91. The van der Waals surface area contributed by atoms with Crippen LogP contribution in [0.4, 0.5) is 0 Å². The molecule has 0 aromatic heterocycles. The Bertz CT molecular complexity index is 869. The average Bonchev–Trinajstić information content (AvgIpc) is 2.62.